The van der Waals surface area contributed by atoms with Crippen LogP contribution in [0.5, 0.6) is 0 Å². The molecule has 0 unspecified atom stereocenters. The summed E-state index contributed by atoms with van der Waals surface area (Å²) in [5.41, 5.74) is 1.72. The first-order valence-electron chi connectivity index (χ1n) is 7.26. The average Bonchev–Trinajstić information content (AvgIpc) is 2.96. The van der Waals surface area contributed by atoms with Crippen molar-refractivity contribution >= 4 is 21.8 Å². The summed E-state index contributed by atoms with van der Waals surface area (Å²) in [5, 5.41) is 16.6. The molecule has 0 saturated heterocycles. The van der Waals surface area contributed by atoms with Gasteiger partial charge in [-0.1, -0.05) is 28.1 Å². The Labute approximate surface area is 137 Å². The van der Waals surface area contributed by atoms with Gasteiger partial charge in [-0.15, -0.1) is 0 Å². The maximum Gasteiger partial charge on any atom is 0.272 e. The zero-order valence-electron chi connectivity index (χ0n) is 12.3. The van der Waals surface area contributed by atoms with Crippen LogP contribution in [-0.2, 0) is 0 Å². The first-order valence-corrected chi connectivity index (χ1v) is 8.05. The zero-order valence-corrected chi connectivity index (χ0v) is 13.9. The number of carbonyl (C=O) groups is 1. The summed E-state index contributed by atoms with van der Waals surface area (Å²) in [6.45, 7) is 0.00292. The Balaban J connectivity index is 1.81. The van der Waals surface area contributed by atoms with E-state index in [1.807, 2.05) is 24.3 Å². The van der Waals surface area contributed by atoms with Gasteiger partial charge in [0, 0.05) is 17.1 Å². The summed E-state index contributed by atoms with van der Waals surface area (Å²) in [7, 11) is 1.75. The first kappa shape index (κ1) is 15.2. The van der Waals surface area contributed by atoms with E-state index < -0.39 is 5.54 Å². The molecule has 1 aliphatic carbocycles. The van der Waals surface area contributed by atoms with Gasteiger partial charge in [-0.25, -0.2) is 0 Å². The van der Waals surface area contributed by atoms with Gasteiger partial charge in [0.25, 0.3) is 5.91 Å². The number of rotatable bonds is 4. The molecule has 1 aromatic carbocycles. The number of hydrogen-bond acceptors (Lipinski definition) is 3. The maximum absolute atomic E-state index is 12.6. The number of aliphatic hydroxyl groups excluding tert-OH is 1. The molecule has 3 rings (SSSR count). The van der Waals surface area contributed by atoms with Gasteiger partial charge in [0.1, 0.15) is 5.69 Å². The molecule has 2 N–H and O–H groups in total. The third kappa shape index (κ3) is 2.57. The van der Waals surface area contributed by atoms with Crippen molar-refractivity contribution in [3.63, 3.8) is 0 Å². The second kappa shape index (κ2) is 5.85. The highest BCUT2D eigenvalue weighted by Gasteiger charge is 2.43. The van der Waals surface area contributed by atoms with E-state index in [0.717, 1.165) is 35.0 Å². The number of hydrogen-bond donors (Lipinski definition) is 2. The number of aromatic nitrogens is 2. The van der Waals surface area contributed by atoms with Gasteiger partial charge in [-0.2, -0.15) is 5.10 Å². The Morgan fingerprint density at radius 1 is 1.41 bits per heavy atom. The normalized spacial score (nSPS) is 16.1. The molecule has 1 aromatic heterocycles. The number of aromatic amines is 1. The third-order valence-electron chi connectivity index (χ3n) is 4.54. The number of H-pyrrole nitrogens is 1. The molecule has 22 heavy (non-hydrogen) atoms. The second-order valence-corrected chi connectivity index (χ2v) is 6.69. The van der Waals surface area contributed by atoms with Crippen LogP contribution in [0.1, 0.15) is 29.8 Å². The number of amides is 1. The molecular weight excluding hydrogens is 346 g/mol. The summed E-state index contributed by atoms with van der Waals surface area (Å²) < 4.78 is 0.998. The SMILES string of the molecule is CN(C(=O)c1cc(-c2ccc(Br)cc2)n[nH]1)C1(CO)CCC1. The molecule has 1 fully saturated rings. The van der Waals surface area contributed by atoms with E-state index in [1.54, 1.807) is 18.0 Å². The molecule has 0 aliphatic heterocycles. The zero-order chi connectivity index (χ0) is 15.7. The second-order valence-electron chi connectivity index (χ2n) is 5.77. The van der Waals surface area contributed by atoms with E-state index in [4.69, 9.17) is 0 Å². The molecule has 1 saturated carbocycles. The molecule has 1 heterocycles. The molecule has 0 spiro atoms. The highest BCUT2D eigenvalue weighted by Crippen LogP contribution is 2.37. The smallest absolute Gasteiger partial charge is 0.272 e. The molecule has 1 amide bonds. The molecule has 2 aromatic rings. The van der Waals surface area contributed by atoms with Crippen molar-refractivity contribution in [2.45, 2.75) is 24.8 Å². The molecule has 116 valence electrons. The summed E-state index contributed by atoms with van der Waals surface area (Å²) in [5.74, 6) is -0.135. The van der Waals surface area contributed by atoms with Crippen LogP contribution < -0.4 is 0 Å². The molecule has 0 radical (unpaired) electrons. The fourth-order valence-corrected chi connectivity index (χ4v) is 3.04. The minimum atomic E-state index is -0.403. The Hall–Kier alpha value is -1.66. The predicted octanol–water partition coefficient (Wildman–Crippen LogP) is 2.83. The summed E-state index contributed by atoms with van der Waals surface area (Å²) in [4.78, 5) is 14.2. The summed E-state index contributed by atoms with van der Waals surface area (Å²) >= 11 is 3.40. The largest absolute Gasteiger partial charge is 0.394 e. The van der Waals surface area contributed by atoms with E-state index in [0.29, 0.717) is 5.69 Å². The van der Waals surface area contributed by atoms with Gasteiger partial charge in [0.15, 0.2) is 0 Å². The number of carbonyl (C=O) groups excluding carboxylic acids is 1. The molecule has 0 bridgehead atoms. The minimum Gasteiger partial charge on any atom is -0.394 e. The van der Waals surface area contributed by atoms with Crippen LogP contribution in [0.2, 0.25) is 0 Å². The quantitative estimate of drug-likeness (QED) is 0.877. The van der Waals surface area contributed by atoms with Crippen LogP contribution in [-0.4, -0.2) is 45.3 Å². The van der Waals surface area contributed by atoms with Crippen molar-refractivity contribution in [3.8, 4) is 11.3 Å². The van der Waals surface area contributed by atoms with Gasteiger partial charge in [-0.3, -0.25) is 9.89 Å². The fourth-order valence-electron chi connectivity index (χ4n) is 2.78. The number of likely N-dealkylation sites (N-methyl/N-ethyl adjacent to an activating group) is 1. The molecule has 0 atom stereocenters. The van der Waals surface area contributed by atoms with Gasteiger partial charge in [0.2, 0.25) is 0 Å². The Morgan fingerprint density at radius 3 is 2.64 bits per heavy atom. The van der Waals surface area contributed by atoms with E-state index in [2.05, 4.69) is 26.1 Å². The number of halogens is 1. The Kier molecular flexibility index (Phi) is 4.06. The Morgan fingerprint density at radius 2 is 2.09 bits per heavy atom. The first-order chi connectivity index (χ1) is 10.6. The minimum absolute atomic E-state index is 0.00292. The topological polar surface area (TPSA) is 69.2 Å². The number of nitrogens with one attached hydrogen (secondary N) is 1. The lowest BCUT2D eigenvalue weighted by molar-refractivity contribution is -0.00529. The lowest BCUT2D eigenvalue weighted by Gasteiger charge is -2.47. The van der Waals surface area contributed by atoms with Crippen molar-refractivity contribution in [1.29, 1.82) is 0 Å². The van der Waals surface area contributed by atoms with Gasteiger partial charge in [-0.05, 0) is 37.5 Å². The summed E-state index contributed by atoms with van der Waals surface area (Å²) in [6.07, 6.45) is 2.74. The van der Waals surface area contributed by atoms with E-state index in [9.17, 15) is 9.90 Å². The van der Waals surface area contributed by atoms with Gasteiger partial charge >= 0.3 is 0 Å². The Bertz CT molecular complexity index is 671. The standard InChI is InChI=1S/C16H18BrN3O2/c1-20(16(10-21)7-2-8-16)15(22)14-9-13(18-19-14)11-3-5-12(17)6-4-11/h3-6,9,21H,2,7-8,10H2,1H3,(H,18,19). The number of nitrogens with zero attached hydrogens (tertiary/aromatic N) is 2. The van der Waals surface area contributed by atoms with Crippen molar-refractivity contribution in [2.75, 3.05) is 13.7 Å². The van der Waals surface area contributed by atoms with Gasteiger partial charge in [0.05, 0.1) is 17.8 Å². The van der Waals surface area contributed by atoms with Crippen LogP contribution >= 0.6 is 15.9 Å². The van der Waals surface area contributed by atoms with E-state index in [-0.39, 0.29) is 12.5 Å². The highest BCUT2D eigenvalue weighted by molar-refractivity contribution is 9.10. The van der Waals surface area contributed by atoms with Crippen LogP contribution in [0.4, 0.5) is 0 Å². The van der Waals surface area contributed by atoms with Crippen molar-refractivity contribution < 1.29 is 9.90 Å². The van der Waals surface area contributed by atoms with Crippen LogP contribution in [0, 0.1) is 0 Å². The summed E-state index contributed by atoms with van der Waals surface area (Å²) in [6, 6.07) is 9.52. The number of aliphatic hydroxyl groups is 1. The van der Waals surface area contributed by atoms with Gasteiger partial charge < -0.3 is 10.0 Å². The van der Waals surface area contributed by atoms with Crippen LogP contribution in [0.15, 0.2) is 34.8 Å². The van der Waals surface area contributed by atoms with Crippen LogP contribution in [0.3, 0.4) is 0 Å². The predicted molar refractivity (Wildman–Crippen MR) is 87.5 cm³/mol. The lowest BCUT2D eigenvalue weighted by atomic mass is 9.76. The van der Waals surface area contributed by atoms with E-state index >= 15 is 0 Å². The van der Waals surface area contributed by atoms with Crippen molar-refractivity contribution in [3.05, 3.63) is 40.5 Å². The molecular formula is C16H18BrN3O2. The fraction of sp³-hybridized carbons (Fsp3) is 0.375. The lowest BCUT2D eigenvalue weighted by Crippen LogP contribution is -2.56. The van der Waals surface area contributed by atoms with E-state index in [1.165, 1.54) is 0 Å². The highest BCUT2D eigenvalue weighted by atomic mass is 79.9. The molecule has 6 heteroatoms. The third-order valence-corrected chi connectivity index (χ3v) is 5.07. The number of benzene rings is 1. The maximum atomic E-state index is 12.6. The molecule has 5 nitrogen and oxygen atoms in total. The van der Waals surface area contributed by atoms with Crippen LogP contribution in [0.25, 0.3) is 11.3 Å². The van der Waals surface area contributed by atoms with Crippen molar-refractivity contribution in [2.24, 2.45) is 0 Å². The van der Waals surface area contributed by atoms with Crippen molar-refractivity contribution in [1.82, 2.24) is 15.1 Å². The average molecular weight is 364 g/mol. The molecule has 1 aliphatic rings. The monoisotopic (exact) mass is 363 g/mol.